The van der Waals surface area contributed by atoms with E-state index >= 15 is 0 Å². The fourth-order valence-corrected chi connectivity index (χ4v) is 6.94. The molecule has 1 aromatic heterocycles. The van der Waals surface area contributed by atoms with Crippen molar-refractivity contribution in [2.45, 2.75) is 27.7 Å². The standard InChI is InChI=1S/C41H37BN5.Pt/c1-28-23-29(2)38(30(3)24-28)42(36-21-14-22-37(26-36)47-27-45(5)41(44-47)33-17-11-8-12-18-33)35-20-13-19-34(25-35)40-43-31(4)39(46(40)6)32-15-9-7-10-16-32;/h7-24,27H,1-6H3;/q-3;. The van der Waals surface area contributed by atoms with E-state index in [2.05, 4.69) is 141 Å². The summed E-state index contributed by atoms with van der Waals surface area (Å²) in [7, 11) is 4.12. The minimum atomic E-state index is -0.0941. The summed E-state index contributed by atoms with van der Waals surface area (Å²) in [5.74, 6) is 1.79. The largest absolute Gasteiger partial charge is 0.487 e. The molecule has 0 unspecified atom stereocenters. The van der Waals surface area contributed by atoms with E-state index in [1.54, 1.807) is 0 Å². The van der Waals surface area contributed by atoms with E-state index < -0.39 is 0 Å². The van der Waals surface area contributed by atoms with Gasteiger partial charge >= 0.3 is 0 Å². The molecule has 6 aromatic rings. The van der Waals surface area contributed by atoms with Gasteiger partial charge in [0, 0.05) is 33.7 Å². The first-order chi connectivity index (χ1) is 22.8. The quantitative estimate of drug-likeness (QED) is 0.140. The third-order valence-electron chi connectivity index (χ3n) is 8.92. The number of nitrogens with zero attached hydrogens (tertiary/aromatic N) is 5. The summed E-state index contributed by atoms with van der Waals surface area (Å²) >= 11 is 0. The molecule has 0 saturated heterocycles. The van der Waals surface area contributed by atoms with Gasteiger partial charge in [-0.15, -0.1) is 42.6 Å². The van der Waals surface area contributed by atoms with Crippen LogP contribution in [0.15, 0.2) is 114 Å². The summed E-state index contributed by atoms with van der Waals surface area (Å²) in [6.07, 6.45) is 0. The molecule has 7 heteroatoms. The smallest absolute Gasteiger partial charge is 0.198 e. The molecule has 0 amide bonds. The Balaban J connectivity index is 0.00000401. The first kappa shape index (κ1) is 33.2. The van der Waals surface area contributed by atoms with Crippen LogP contribution in [0.2, 0.25) is 0 Å². The molecule has 0 aliphatic carbocycles. The van der Waals surface area contributed by atoms with Crippen molar-refractivity contribution in [3.63, 3.8) is 0 Å². The zero-order chi connectivity index (χ0) is 32.7. The van der Waals surface area contributed by atoms with Gasteiger partial charge in [0.1, 0.15) is 5.84 Å². The maximum Gasteiger partial charge on any atom is 0.198 e. The van der Waals surface area contributed by atoms with Crippen LogP contribution in [0.3, 0.4) is 0 Å². The molecule has 5 nitrogen and oxygen atoms in total. The molecule has 242 valence electrons. The van der Waals surface area contributed by atoms with Gasteiger partial charge in [0.05, 0.1) is 17.2 Å². The van der Waals surface area contributed by atoms with Crippen LogP contribution >= 0.6 is 0 Å². The van der Waals surface area contributed by atoms with Crippen LogP contribution in [0.5, 0.6) is 0 Å². The van der Waals surface area contributed by atoms with E-state index in [0.717, 1.165) is 56.4 Å². The van der Waals surface area contributed by atoms with Gasteiger partial charge in [0.2, 0.25) is 0 Å². The van der Waals surface area contributed by atoms with Gasteiger partial charge in [0.25, 0.3) is 0 Å². The Hall–Kier alpha value is -4.67. The molecule has 48 heavy (non-hydrogen) atoms. The van der Waals surface area contributed by atoms with Gasteiger partial charge in [0.15, 0.2) is 6.71 Å². The predicted molar refractivity (Wildman–Crippen MR) is 196 cm³/mol. The van der Waals surface area contributed by atoms with E-state index in [1.165, 1.54) is 22.2 Å². The molecular formula is C41H37BN5Pt-3. The molecule has 5 aromatic carbocycles. The van der Waals surface area contributed by atoms with E-state index in [9.17, 15) is 0 Å². The number of hydrogen-bond acceptors (Lipinski definition) is 4. The number of rotatable bonds is 7. The second-order valence-electron chi connectivity index (χ2n) is 12.4. The van der Waals surface area contributed by atoms with Crippen molar-refractivity contribution in [2.24, 2.45) is 12.1 Å². The summed E-state index contributed by atoms with van der Waals surface area (Å²) in [6, 6.07) is 45.6. The summed E-state index contributed by atoms with van der Waals surface area (Å²) in [6.45, 7) is 10.6. The average Bonchev–Trinajstić information content (AvgIpc) is 3.61. The van der Waals surface area contributed by atoms with Crippen molar-refractivity contribution < 1.29 is 21.1 Å². The van der Waals surface area contributed by atoms with Crippen LogP contribution < -0.4 is 21.4 Å². The van der Waals surface area contributed by atoms with Crippen LogP contribution in [0.1, 0.15) is 27.9 Å². The Kier molecular flexibility index (Phi) is 9.57. The van der Waals surface area contributed by atoms with Crippen LogP contribution in [-0.4, -0.2) is 34.0 Å². The van der Waals surface area contributed by atoms with Crippen LogP contribution in [0.25, 0.3) is 22.6 Å². The van der Waals surface area contributed by atoms with Gasteiger partial charge in [-0.05, 0) is 40.3 Å². The van der Waals surface area contributed by atoms with Gasteiger partial charge in [-0.25, -0.2) is 0 Å². The normalized spacial score (nSPS) is 12.6. The Morgan fingerprint density at radius 3 is 1.96 bits per heavy atom. The first-order valence-corrected chi connectivity index (χ1v) is 16.0. The van der Waals surface area contributed by atoms with Crippen LogP contribution in [0, 0.1) is 46.5 Å². The number of benzene rings is 5. The summed E-state index contributed by atoms with van der Waals surface area (Å²) in [4.78, 5) is 7.10. The van der Waals surface area contributed by atoms with E-state index in [-0.39, 0.29) is 27.8 Å². The van der Waals surface area contributed by atoms with Crippen LogP contribution in [0.4, 0.5) is 5.69 Å². The monoisotopic (exact) mass is 805 g/mol. The minimum Gasteiger partial charge on any atom is -0.487 e. The Bertz CT molecular complexity index is 2080. The number of aromatic nitrogens is 2. The van der Waals surface area contributed by atoms with Crippen molar-refractivity contribution >= 4 is 34.6 Å². The van der Waals surface area contributed by atoms with Gasteiger partial charge in [-0.1, -0.05) is 101 Å². The Labute approximate surface area is 299 Å². The number of imidazole rings is 1. The maximum absolute atomic E-state index is 5.05. The molecule has 0 saturated carbocycles. The second-order valence-corrected chi connectivity index (χ2v) is 12.4. The van der Waals surface area contributed by atoms with Crippen LogP contribution in [-0.2, 0) is 28.1 Å². The number of hydrazone groups is 1. The number of hydrogen-bond donors (Lipinski definition) is 0. The molecule has 0 spiro atoms. The molecule has 0 fully saturated rings. The zero-order valence-corrected chi connectivity index (χ0v) is 30.4. The maximum atomic E-state index is 5.05. The van der Waals surface area contributed by atoms with Crippen molar-refractivity contribution in [3.05, 3.63) is 156 Å². The average molecular weight is 806 g/mol. The number of anilines is 1. The summed E-state index contributed by atoms with van der Waals surface area (Å²) in [5.41, 5.74) is 13.3. The molecule has 0 radical (unpaired) electrons. The van der Waals surface area contributed by atoms with Crippen molar-refractivity contribution in [3.8, 4) is 22.6 Å². The molecule has 7 rings (SSSR count). The molecule has 1 aliphatic heterocycles. The summed E-state index contributed by atoms with van der Waals surface area (Å²) in [5, 5.41) is 6.89. The predicted octanol–water partition coefficient (Wildman–Crippen LogP) is 6.33. The molecule has 2 heterocycles. The van der Waals surface area contributed by atoms with Crippen molar-refractivity contribution in [1.29, 1.82) is 0 Å². The molecule has 0 bridgehead atoms. The zero-order valence-electron chi connectivity index (χ0n) is 28.1. The first-order valence-electron chi connectivity index (χ1n) is 16.0. The Morgan fingerprint density at radius 1 is 0.688 bits per heavy atom. The topological polar surface area (TPSA) is 36.7 Å². The molecule has 0 N–H and O–H groups in total. The third-order valence-corrected chi connectivity index (χ3v) is 8.92. The Morgan fingerprint density at radius 2 is 1.29 bits per heavy atom. The van der Waals surface area contributed by atoms with E-state index in [1.807, 2.05) is 43.0 Å². The van der Waals surface area contributed by atoms with Gasteiger partial charge < -0.3 is 14.5 Å². The fourth-order valence-electron chi connectivity index (χ4n) is 6.94. The summed E-state index contributed by atoms with van der Waals surface area (Å²) < 4.78 is 2.19. The minimum absolute atomic E-state index is 0. The molecule has 0 atom stereocenters. The van der Waals surface area contributed by atoms with Crippen molar-refractivity contribution in [1.82, 2.24) is 14.5 Å². The van der Waals surface area contributed by atoms with E-state index in [4.69, 9.17) is 10.1 Å². The van der Waals surface area contributed by atoms with E-state index in [0.29, 0.717) is 0 Å². The van der Waals surface area contributed by atoms with Gasteiger partial charge in [-0.2, -0.15) is 34.2 Å². The van der Waals surface area contributed by atoms with Crippen molar-refractivity contribution in [2.75, 3.05) is 12.1 Å². The third kappa shape index (κ3) is 6.30. The fraction of sp³-hybridized carbons (Fsp3) is 0.146. The molecular weight excluding hydrogens is 768 g/mol. The number of aryl methyl sites for hydroxylation is 4. The SMILES string of the molecule is Cc1cc(C)c(B(c2[c-]c(-c3nc(C)c(-c4ccccc4)n3C)ccc2)c2[c-]c(N3[CH-]N(C)C(c4ccccc4)=N3)ccc2)c(C)c1.[Pt]. The number of amidine groups is 1. The van der Waals surface area contributed by atoms with Gasteiger partial charge in [-0.3, -0.25) is 4.98 Å². The second kappa shape index (κ2) is 13.8. The molecule has 1 aliphatic rings.